The van der Waals surface area contributed by atoms with E-state index in [4.69, 9.17) is 9.47 Å². The lowest BCUT2D eigenvalue weighted by Crippen LogP contribution is -2.29. The van der Waals surface area contributed by atoms with E-state index in [1.54, 1.807) is 29.1 Å². The highest BCUT2D eigenvalue weighted by atomic mass is 19.2. The fraction of sp³-hybridized carbons (Fsp3) is 0.0833. The van der Waals surface area contributed by atoms with Gasteiger partial charge in [-0.25, -0.2) is 0 Å². The standard InChI is InChI=1S/C12H8F2NO2/c13-10-9-6-8(15-4-2-1-3-5-15)12(11(10)14)17-7-16-9/h1-6H,7H2/q+1. The molecule has 0 unspecified atom stereocenters. The molecule has 2 aromatic rings. The lowest BCUT2D eigenvalue weighted by molar-refractivity contribution is -0.596. The van der Waals surface area contributed by atoms with Crippen LogP contribution in [-0.2, 0) is 0 Å². The molecule has 0 saturated carbocycles. The topological polar surface area (TPSA) is 22.3 Å². The van der Waals surface area contributed by atoms with Crippen LogP contribution < -0.4 is 14.0 Å². The summed E-state index contributed by atoms with van der Waals surface area (Å²) in [4.78, 5) is 0. The second-order valence-corrected chi connectivity index (χ2v) is 3.54. The van der Waals surface area contributed by atoms with E-state index in [9.17, 15) is 8.78 Å². The van der Waals surface area contributed by atoms with Crippen molar-refractivity contribution in [3.8, 4) is 17.2 Å². The van der Waals surface area contributed by atoms with Crippen LogP contribution in [0.15, 0.2) is 36.7 Å². The predicted molar refractivity (Wildman–Crippen MR) is 54.0 cm³/mol. The Kier molecular flexibility index (Phi) is 2.18. The number of hydrogen-bond donors (Lipinski definition) is 0. The lowest BCUT2D eigenvalue weighted by Gasteiger charge is -2.02. The Labute approximate surface area is 95.8 Å². The van der Waals surface area contributed by atoms with Crippen molar-refractivity contribution in [1.29, 1.82) is 0 Å². The van der Waals surface area contributed by atoms with Gasteiger partial charge in [-0.1, -0.05) is 6.07 Å². The Morgan fingerprint density at radius 2 is 1.76 bits per heavy atom. The highest BCUT2D eigenvalue weighted by molar-refractivity contribution is 5.49. The van der Waals surface area contributed by atoms with Crippen molar-refractivity contribution in [1.82, 2.24) is 0 Å². The second kappa shape index (κ2) is 3.69. The lowest BCUT2D eigenvalue weighted by atomic mass is 10.2. The normalized spacial score (nSPS) is 12.8. The van der Waals surface area contributed by atoms with Crippen molar-refractivity contribution in [2.45, 2.75) is 0 Å². The maximum absolute atomic E-state index is 13.7. The summed E-state index contributed by atoms with van der Waals surface area (Å²) in [7, 11) is 0. The first-order chi connectivity index (χ1) is 8.27. The minimum atomic E-state index is -1.02. The molecule has 2 aliphatic heterocycles. The molecule has 0 fully saturated rings. The van der Waals surface area contributed by atoms with Gasteiger partial charge in [-0.05, 0) is 0 Å². The van der Waals surface area contributed by atoms with Crippen LogP contribution in [0.4, 0.5) is 8.78 Å². The van der Waals surface area contributed by atoms with Crippen LogP contribution in [0.3, 0.4) is 0 Å². The molecule has 0 aliphatic carbocycles. The van der Waals surface area contributed by atoms with Crippen LogP contribution in [0.5, 0.6) is 11.5 Å². The van der Waals surface area contributed by atoms with Gasteiger partial charge < -0.3 is 9.47 Å². The molecule has 86 valence electrons. The van der Waals surface area contributed by atoms with Crippen molar-refractivity contribution in [3.63, 3.8) is 0 Å². The minimum absolute atomic E-state index is 0.139. The third-order valence-corrected chi connectivity index (χ3v) is 2.52. The summed E-state index contributed by atoms with van der Waals surface area (Å²) < 4.78 is 38.7. The predicted octanol–water partition coefficient (Wildman–Crippen LogP) is 1.97. The number of pyridine rings is 1. The first-order valence-electron chi connectivity index (χ1n) is 5.01. The minimum Gasteiger partial charge on any atom is -0.454 e. The Balaban J connectivity index is 2.27. The Morgan fingerprint density at radius 3 is 2.53 bits per heavy atom. The maximum atomic E-state index is 13.7. The molecular weight excluding hydrogens is 228 g/mol. The molecule has 1 aromatic carbocycles. The summed E-state index contributed by atoms with van der Waals surface area (Å²) in [5.74, 6) is -2.32. The van der Waals surface area contributed by atoms with Crippen LogP contribution >= 0.6 is 0 Å². The number of halogens is 2. The molecule has 17 heavy (non-hydrogen) atoms. The molecule has 4 rings (SSSR count). The summed E-state index contributed by atoms with van der Waals surface area (Å²) in [5, 5.41) is 0. The van der Waals surface area contributed by atoms with Gasteiger partial charge in [-0.15, -0.1) is 0 Å². The van der Waals surface area contributed by atoms with Gasteiger partial charge in [0, 0.05) is 12.1 Å². The van der Waals surface area contributed by atoms with Crippen LogP contribution in [0, 0.1) is 11.6 Å². The van der Waals surface area contributed by atoms with E-state index in [0.717, 1.165) is 0 Å². The fourth-order valence-corrected chi connectivity index (χ4v) is 1.72. The summed E-state index contributed by atoms with van der Waals surface area (Å²) in [6.07, 6.45) is 3.43. The van der Waals surface area contributed by atoms with Crippen LogP contribution in [0.2, 0.25) is 0 Å². The molecule has 3 nitrogen and oxygen atoms in total. The maximum Gasteiger partial charge on any atom is 0.260 e. The average molecular weight is 236 g/mol. The van der Waals surface area contributed by atoms with Crippen molar-refractivity contribution in [3.05, 3.63) is 48.3 Å². The molecule has 5 heteroatoms. The second-order valence-electron chi connectivity index (χ2n) is 3.54. The smallest absolute Gasteiger partial charge is 0.260 e. The highest BCUT2D eigenvalue weighted by Gasteiger charge is 2.29. The van der Waals surface area contributed by atoms with E-state index < -0.39 is 11.6 Å². The molecule has 2 aliphatic rings. The number of benzene rings is 1. The van der Waals surface area contributed by atoms with Gasteiger partial charge >= 0.3 is 0 Å². The molecule has 0 atom stereocenters. The Hall–Kier alpha value is -2.17. The molecule has 0 amide bonds. The summed E-state index contributed by atoms with van der Waals surface area (Å²) in [6, 6.07) is 6.81. The van der Waals surface area contributed by atoms with E-state index >= 15 is 0 Å². The highest BCUT2D eigenvalue weighted by Crippen LogP contribution is 2.34. The van der Waals surface area contributed by atoms with E-state index in [1.807, 2.05) is 6.07 Å². The molecule has 0 saturated heterocycles. The number of hydrogen-bond acceptors (Lipinski definition) is 2. The van der Waals surface area contributed by atoms with E-state index in [1.165, 1.54) is 6.07 Å². The first kappa shape index (κ1) is 10.0. The molecule has 1 aromatic heterocycles. The van der Waals surface area contributed by atoms with Crippen molar-refractivity contribution >= 4 is 0 Å². The number of fused-ring (bicyclic) bond motifs is 4. The number of rotatable bonds is 1. The average Bonchev–Trinajstić information content (AvgIpc) is 2.66. The zero-order valence-electron chi connectivity index (χ0n) is 8.69. The van der Waals surface area contributed by atoms with Gasteiger partial charge in [-0.2, -0.15) is 13.3 Å². The van der Waals surface area contributed by atoms with Gasteiger partial charge in [0.05, 0.1) is 6.07 Å². The van der Waals surface area contributed by atoms with E-state index in [-0.39, 0.29) is 18.3 Å². The number of aromatic nitrogens is 1. The number of nitrogens with zero attached hydrogens (tertiary/aromatic N) is 1. The fourth-order valence-electron chi connectivity index (χ4n) is 1.72. The van der Waals surface area contributed by atoms with Crippen LogP contribution in [0.1, 0.15) is 0 Å². The third-order valence-electron chi connectivity index (χ3n) is 2.52. The molecule has 0 N–H and O–H groups in total. The zero-order chi connectivity index (χ0) is 11.8. The Morgan fingerprint density at radius 1 is 1.00 bits per heavy atom. The molecular formula is C12H8F2NO2+. The largest absolute Gasteiger partial charge is 0.454 e. The first-order valence-corrected chi connectivity index (χ1v) is 5.01. The molecule has 2 bridgehead atoms. The molecule has 0 spiro atoms. The molecule has 3 heterocycles. The van der Waals surface area contributed by atoms with E-state index in [2.05, 4.69) is 0 Å². The SMILES string of the molecule is Fc1c2cc(-[n+]3ccccc3)c(c1F)OCO2. The van der Waals surface area contributed by atoms with Gasteiger partial charge in [0.15, 0.2) is 18.1 Å². The molecule has 0 radical (unpaired) electrons. The number of ether oxygens (including phenoxy) is 2. The Bertz CT molecular complexity index is 572. The van der Waals surface area contributed by atoms with E-state index in [0.29, 0.717) is 5.69 Å². The summed E-state index contributed by atoms with van der Waals surface area (Å²) in [5.41, 5.74) is 0.414. The third kappa shape index (κ3) is 1.51. The zero-order valence-corrected chi connectivity index (χ0v) is 8.69. The van der Waals surface area contributed by atoms with Crippen LogP contribution in [0.25, 0.3) is 5.69 Å². The van der Waals surface area contributed by atoms with Gasteiger partial charge in [0.25, 0.3) is 5.69 Å². The van der Waals surface area contributed by atoms with Gasteiger partial charge in [0.2, 0.25) is 24.2 Å². The van der Waals surface area contributed by atoms with Gasteiger partial charge in [0.1, 0.15) is 0 Å². The van der Waals surface area contributed by atoms with Gasteiger partial charge in [-0.3, -0.25) is 0 Å². The van der Waals surface area contributed by atoms with Crippen molar-refractivity contribution in [2.24, 2.45) is 0 Å². The van der Waals surface area contributed by atoms with Crippen LogP contribution in [-0.4, -0.2) is 6.79 Å². The monoisotopic (exact) mass is 236 g/mol. The summed E-state index contributed by atoms with van der Waals surface area (Å²) >= 11 is 0. The van der Waals surface area contributed by atoms with Crippen molar-refractivity contribution in [2.75, 3.05) is 6.79 Å². The quantitative estimate of drug-likeness (QED) is 0.706. The van der Waals surface area contributed by atoms with Crippen molar-refractivity contribution < 1.29 is 22.8 Å². The summed E-state index contributed by atoms with van der Waals surface area (Å²) in [6.45, 7) is -0.196.